The molecule has 1 aliphatic rings. The summed E-state index contributed by atoms with van der Waals surface area (Å²) in [6.45, 7) is 2.53. The Labute approximate surface area is 114 Å². The highest BCUT2D eigenvalue weighted by atomic mass is 79.9. The van der Waals surface area contributed by atoms with E-state index in [-0.39, 0.29) is 10.6 Å². The van der Waals surface area contributed by atoms with E-state index in [1.54, 1.807) is 23.1 Å². The van der Waals surface area contributed by atoms with Gasteiger partial charge >= 0.3 is 0 Å². The van der Waals surface area contributed by atoms with Gasteiger partial charge in [0.15, 0.2) is 0 Å². The number of likely N-dealkylation sites (N-methyl/N-ethyl adjacent to an activating group) is 1. The summed E-state index contributed by atoms with van der Waals surface area (Å²) >= 11 is 2.91. The maximum absolute atomic E-state index is 11.7. The molecule has 0 spiro atoms. The van der Waals surface area contributed by atoms with Gasteiger partial charge in [-0.05, 0) is 30.7 Å². The molecule has 18 heavy (non-hydrogen) atoms. The highest BCUT2D eigenvalue weighted by Gasteiger charge is 2.26. The second-order valence-electron chi connectivity index (χ2n) is 3.98. The molecule has 0 aromatic heterocycles. The van der Waals surface area contributed by atoms with E-state index >= 15 is 0 Å². The van der Waals surface area contributed by atoms with E-state index < -0.39 is 10.0 Å². The Morgan fingerprint density at radius 3 is 2.78 bits per heavy atom. The zero-order valence-corrected chi connectivity index (χ0v) is 12.2. The number of benzene rings is 1. The molecule has 5 nitrogen and oxygen atoms in total. The number of amides is 1. The average Bonchev–Trinajstić information content (AvgIpc) is 2.63. The lowest BCUT2D eigenvalue weighted by molar-refractivity contribution is -0.117. The van der Waals surface area contributed by atoms with Gasteiger partial charge in [0.2, 0.25) is 15.9 Å². The Kier molecular flexibility index (Phi) is 3.63. The Bertz CT molecular complexity index is 586. The van der Waals surface area contributed by atoms with E-state index in [2.05, 4.69) is 20.7 Å². The molecule has 1 aromatic rings. The van der Waals surface area contributed by atoms with Crippen molar-refractivity contribution in [1.29, 1.82) is 0 Å². The summed E-state index contributed by atoms with van der Waals surface area (Å²) in [5, 5.41) is 0. The van der Waals surface area contributed by atoms with Gasteiger partial charge in [-0.3, -0.25) is 9.52 Å². The zero-order valence-electron chi connectivity index (χ0n) is 9.81. The molecule has 0 fully saturated rings. The standard InChI is InChI=1S/C11H13BrN2O3S/c1-2-14-10-4-3-9(13-18(16,17)7-12)5-8(10)6-11(14)15/h3-5,13H,2,6-7H2,1H3. The van der Waals surface area contributed by atoms with Gasteiger partial charge in [-0.1, -0.05) is 15.9 Å². The van der Waals surface area contributed by atoms with Crippen LogP contribution in [-0.2, 0) is 21.2 Å². The molecular weight excluding hydrogens is 320 g/mol. The third kappa shape index (κ3) is 2.51. The lowest BCUT2D eigenvalue weighted by atomic mass is 10.1. The SMILES string of the molecule is CCN1C(=O)Cc2cc(NS(=O)(=O)CBr)ccc21. The summed E-state index contributed by atoms with van der Waals surface area (Å²) in [6.07, 6.45) is 0.326. The lowest BCUT2D eigenvalue weighted by Gasteiger charge is -2.15. The van der Waals surface area contributed by atoms with Crippen LogP contribution in [0.5, 0.6) is 0 Å². The fraction of sp³-hybridized carbons (Fsp3) is 0.364. The van der Waals surface area contributed by atoms with Crippen LogP contribution in [0, 0.1) is 0 Å². The van der Waals surface area contributed by atoms with E-state index in [9.17, 15) is 13.2 Å². The van der Waals surface area contributed by atoms with E-state index in [1.807, 2.05) is 6.92 Å². The van der Waals surface area contributed by atoms with Crippen molar-refractivity contribution in [2.75, 3.05) is 20.8 Å². The second kappa shape index (κ2) is 4.89. The first-order valence-corrected chi connectivity index (χ1v) is 8.24. The topological polar surface area (TPSA) is 66.5 Å². The van der Waals surface area contributed by atoms with Crippen LogP contribution >= 0.6 is 15.9 Å². The maximum Gasteiger partial charge on any atom is 0.242 e. The molecule has 0 saturated heterocycles. The molecule has 1 heterocycles. The van der Waals surface area contributed by atoms with E-state index in [0.29, 0.717) is 18.7 Å². The predicted molar refractivity (Wildman–Crippen MR) is 74.5 cm³/mol. The van der Waals surface area contributed by atoms with Gasteiger partial charge < -0.3 is 4.90 Å². The molecule has 2 rings (SSSR count). The highest BCUT2D eigenvalue weighted by Crippen LogP contribution is 2.31. The number of anilines is 2. The summed E-state index contributed by atoms with van der Waals surface area (Å²) in [5.74, 6) is 0.0491. The van der Waals surface area contributed by atoms with Crippen LogP contribution < -0.4 is 9.62 Å². The highest BCUT2D eigenvalue weighted by molar-refractivity contribution is 9.10. The fourth-order valence-electron chi connectivity index (χ4n) is 2.00. The molecule has 0 unspecified atom stereocenters. The van der Waals surface area contributed by atoms with Gasteiger partial charge in [0, 0.05) is 17.9 Å². The van der Waals surface area contributed by atoms with Crippen LogP contribution in [0.1, 0.15) is 12.5 Å². The van der Waals surface area contributed by atoms with Crippen molar-refractivity contribution in [2.24, 2.45) is 0 Å². The molecule has 0 radical (unpaired) electrons. The molecule has 0 atom stereocenters. The minimum atomic E-state index is -3.35. The minimum absolute atomic E-state index is 0.0491. The molecule has 7 heteroatoms. The maximum atomic E-state index is 11.7. The van der Waals surface area contributed by atoms with E-state index in [4.69, 9.17) is 0 Å². The van der Waals surface area contributed by atoms with Gasteiger partial charge in [-0.2, -0.15) is 0 Å². The van der Waals surface area contributed by atoms with Crippen LogP contribution in [0.3, 0.4) is 0 Å². The number of alkyl halides is 1. The molecule has 0 aliphatic carbocycles. The van der Waals surface area contributed by atoms with Crippen LogP contribution in [-0.4, -0.2) is 25.5 Å². The number of halogens is 1. The third-order valence-electron chi connectivity index (χ3n) is 2.75. The van der Waals surface area contributed by atoms with Crippen molar-refractivity contribution < 1.29 is 13.2 Å². The minimum Gasteiger partial charge on any atom is -0.312 e. The zero-order chi connectivity index (χ0) is 13.3. The quantitative estimate of drug-likeness (QED) is 0.853. The summed E-state index contributed by atoms with van der Waals surface area (Å²) in [4.78, 5) is 13.4. The largest absolute Gasteiger partial charge is 0.312 e. The number of carbonyl (C=O) groups excluding carboxylic acids is 1. The summed E-state index contributed by atoms with van der Waals surface area (Å²) in [6, 6.07) is 5.15. The average molecular weight is 333 g/mol. The normalized spacial score (nSPS) is 14.8. The molecule has 1 aromatic carbocycles. The van der Waals surface area contributed by atoms with Crippen molar-refractivity contribution in [1.82, 2.24) is 0 Å². The van der Waals surface area contributed by atoms with Crippen LogP contribution in [0.2, 0.25) is 0 Å². The molecule has 0 bridgehead atoms. The first-order chi connectivity index (χ1) is 8.46. The predicted octanol–water partition coefficient (Wildman–Crippen LogP) is 1.69. The van der Waals surface area contributed by atoms with Gasteiger partial charge in [0.25, 0.3) is 0 Å². The van der Waals surface area contributed by atoms with Gasteiger partial charge in [-0.15, -0.1) is 0 Å². The number of carbonyl (C=O) groups is 1. The third-order valence-corrected chi connectivity index (χ3v) is 5.39. The van der Waals surface area contributed by atoms with Crippen LogP contribution in [0.25, 0.3) is 0 Å². The van der Waals surface area contributed by atoms with Crippen LogP contribution in [0.4, 0.5) is 11.4 Å². The fourth-order valence-corrected chi connectivity index (χ4v) is 2.88. The Hall–Kier alpha value is -1.08. The molecular formula is C11H13BrN2O3S. The van der Waals surface area contributed by atoms with Gasteiger partial charge in [-0.25, -0.2) is 8.42 Å². The Balaban J connectivity index is 2.31. The number of nitrogens with one attached hydrogen (secondary N) is 1. The number of hydrogen-bond acceptors (Lipinski definition) is 3. The van der Waals surface area contributed by atoms with Crippen LogP contribution in [0.15, 0.2) is 18.2 Å². The monoisotopic (exact) mass is 332 g/mol. The molecule has 1 aliphatic heterocycles. The van der Waals surface area contributed by atoms with Gasteiger partial charge in [0.1, 0.15) is 4.66 Å². The van der Waals surface area contributed by atoms with Crippen molar-refractivity contribution in [3.05, 3.63) is 23.8 Å². The number of rotatable bonds is 4. The molecule has 1 amide bonds. The first-order valence-electron chi connectivity index (χ1n) is 5.46. The van der Waals surface area contributed by atoms with Crippen molar-refractivity contribution in [3.63, 3.8) is 0 Å². The number of nitrogens with zero attached hydrogens (tertiary/aromatic N) is 1. The van der Waals surface area contributed by atoms with Crippen molar-refractivity contribution in [3.8, 4) is 0 Å². The number of sulfonamides is 1. The molecule has 1 N–H and O–H groups in total. The summed E-state index contributed by atoms with van der Waals surface area (Å²) in [5.41, 5.74) is 2.21. The molecule has 98 valence electrons. The second-order valence-corrected chi connectivity index (χ2v) is 7.01. The first kappa shape index (κ1) is 13.4. The Morgan fingerprint density at radius 1 is 1.44 bits per heavy atom. The Morgan fingerprint density at radius 2 is 2.17 bits per heavy atom. The smallest absolute Gasteiger partial charge is 0.242 e. The van der Waals surface area contributed by atoms with Gasteiger partial charge in [0.05, 0.1) is 6.42 Å². The van der Waals surface area contributed by atoms with E-state index in [1.165, 1.54) is 0 Å². The van der Waals surface area contributed by atoms with Crippen molar-refractivity contribution in [2.45, 2.75) is 13.3 Å². The molecule has 0 saturated carbocycles. The number of hydrogen-bond donors (Lipinski definition) is 1. The number of fused-ring (bicyclic) bond motifs is 1. The lowest BCUT2D eigenvalue weighted by Crippen LogP contribution is -2.25. The summed E-state index contributed by atoms with van der Waals surface area (Å²) in [7, 11) is -3.35. The summed E-state index contributed by atoms with van der Waals surface area (Å²) < 4.78 is 25.1. The van der Waals surface area contributed by atoms with E-state index in [0.717, 1.165) is 11.3 Å². The van der Waals surface area contributed by atoms with Crippen molar-refractivity contribution >= 4 is 43.2 Å².